The van der Waals surface area contributed by atoms with E-state index in [2.05, 4.69) is 0 Å². The highest BCUT2D eigenvalue weighted by Crippen LogP contribution is 2.29. The largest absolute Gasteiger partial charge is 0.426 e. The van der Waals surface area contributed by atoms with Crippen molar-refractivity contribution < 1.29 is 13.9 Å². The zero-order valence-corrected chi connectivity index (χ0v) is 15.4. The van der Waals surface area contributed by atoms with Crippen molar-refractivity contribution in [1.29, 1.82) is 0 Å². The van der Waals surface area contributed by atoms with E-state index in [0.717, 1.165) is 21.4 Å². The third-order valence-electron chi connectivity index (χ3n) is 4.33. The second kappa shape index (κ2) is 7.21. The van der Waals surface area contributed by atoms with Gasteiger partial charge in [-0.3, -0.25) is 4.79 Å². The SMILES string of the molecule is Cc1c(-c2ccccc2)c(=O)oc2ccc(OC(=O)Cc3cccs3)cc12. The van der Waals surface area contributed by atoms with Crippen LogP contribution in [0.4, 0.5) is 0 Å². The van der Waals surface area contributed by atoms with Crippen molar-refractivity contribution in [3.63, 3.8) is 0 Å². The Morgan fingerprint density at radius 1 is 1.07 bits per heavy atom. The predicted octanol–water partition coefficient (Wildman–Crippen LogP) is 4.98. The molecular weight excluding hydrogens is 360 g/mol. The van der Waals surface area contributed by atoms with E-state index in [4.69, 9.17) is 9.15 Å². The van der Waals surface area contributed by atoms with E-state index in [1.165, 1.54) is 11.3 Å². The molecule has 4 rings (SSSR count). The lowest BCUT2D eigenvalue weighted by molar-refractivity contribution is -0.133. The third-order valence-corrected chi connectivity index (χ3v) is 5.21. The maximum atomic E-state index is 12.4. The van der Waals surface area contributed by atoms with Crippen LogP contribution in [0.5, 0.6) is 5.75 Å². The molecule has 5 heteroatoms. The fraction of sp³-hybridized carbons (Fsp3) is 0.0909. The zero-order valence-electron chi connectivity index (χ0n) is 14.6. The first-order chi connectivity index (χ1) is 13.1. The number of esters is 1. The van der Waals surface area contributed by atoms with E-state index in [1.54, 1.807) is 18.2 Å². The van der Waals surface area contributed by atoms with Gasteiger partial charge in [0.05, 0.1) is 12.0 Å². The smallest absolute Gasteiger partial charge is 0.344 e. The summed E-state index contributed by atoms with van der Waals surface area (Å²) < 4.78 is 11.0. The summed E-state index contributed by atoms with van der Waals surface area (Å²) >= 11 is 1.52. The van der Waals surface area contributed by atoms with Gasteiger partial charge in [0.15, 0.2) is 0 Å². The molecule has 0 aliphatic rings. The van der Waals surface area contributed by atoms with Gasteiger partial charge in [0.2, 0.25) is 0 Å². The molecule has 0 spiro atoms. The molecule has 0 N–H and O–H groups in total. The fourth-order valence-electron chi connectivity index (χ4n) is 3.06. The van der Waals surface area contributed by atoms with Gasteiger partial charge in [-0.05, 0) is 47.7 Å². The van der Waals surface area contributed by atoms with Crippen molar-refractivity contribution in [1.82, 2.24) is 0 Å². The minimum Gasteiger partial charge on any atom is -0.426 e. The second-order valence-electron chi connectivity index (χ2n) is 6.14. The number of fused-ring (bicyclic) bond motifs is 1. The van der Waals surface area contributed by atoms with Crippen LogP contribution in [0, 0.1) is 6.92 Å². The summed E-state index contributed by atoms with van der Waals surface area (Å²) in [6, 6.07) is 18.2. The van der Waals surface area contributed by atoms with Crippen molar-refractivity contribution in [2.75, 3.05) is 0 Å². The van der Waals surface area contributed by atoms with Crippen molar-refractivity contribution >= 4 is 28.3 Å². The van der Waals surface area contributed by atoms with Crippen LogP contribution in [-0.2, 0) is 11.2 Å². The molecule has 0 saturated heterocycles. The number of rotatable bonds is 4. The zero-order chi connectivity index (χ0) is 18.8. The number of carbonyl (C=O) groups is 1. The molecule has 0 aliphatic heterocycles. The van der Waals surface area contributed by atoms with Crippen molar-refractivity contribution in [3.8, 4) is 16.9 Å². The predicted molar refractivity (Wildman–Crippen MR) is 106 cm³/mol. The van der Waals surface area contributed by atoms with Crippen LogP contribution in [0.15, 0.2) is 75.3 Å². The van der Waals surface area contributed by atoms with E-state index in [0.29, 0.717) is 16.9 Å². The van der Waals surface area contributed by atoms with E-state index < -0.39 is 0 Å². The average molecular weight is 376 g/mol. The summed E-state index contributed by atoms with van der Waals surface area (Å²) in [6.07, 6.45) is 0.230. The van der Waals surface area contributed by atoms with Gasteiger partial charge in [-0.2, -0.15) is 0 Å². The van der Waals surface area contributed by atoms with E-state index in [1.807, 2.05) is 54.8 Å². The highest BCUT2D eigenvalue weighted by Gasteiger charge is 2.15. The first-order valence-corrected chi connectivity index (χ1v) is 9.36. The Morgan fingerprint density at radius 2 is 1.89 bits per heavy atom. The summed E-state index contributed by atoms with van der Waals surface area (Å²) in [7, 11) is 0. The Morgan fingerprint density at radius 3 is 2.63 bits per heavy atom. The molecule has 0 bridgehead atoms. The third kappa shape index (κ3) is 3.55. The normalized spacial score (nSPS) is 10.9. The summed E-state index contributed by atoms with van der Waals surface area (Å²) in [4.78, 5) is 25.6. The van der Waals surface area contributed by atoms with E-state index in [-0.39, 0.29) is 18.0 Å². The lowest BCUT2D eigenvalue weighted by Crippen LogP contribution is -2.10. The van der Waals surface area contributed by atoms with Gasteiger partial charge in [0.25, 0.3) is 0 Å². The Hall–Kier alpha value is -3.18. The molecular formula is C22H16O4S. The van der Waals surface area contributed by atoms with E-state index in [9.17, 15) is 9.59 Å². The van der Waals surface area contributed by atoms with Crippen LogP contribution in [-0.4, -0.2) is 5.97 Å². The van der Waals surface area contributed by atoms with Crippen LogP contribution < -0.4 is 10.4 Å². The standard InChI is InChI=1S/C22H16O4S/c1-14-18-12-16(25-20(23)13-17-8-5-11-27-17)9-10-19(18)26-22(24)21(14)15-6-3-2-4-7-15/h2-12H,13H2,1H3. The van der Waals surface area contributed by atoms with Gasteiger partial charge in [-0.25, -0.2) is 4.79 Å². The maximum Gasteiger partial charge on any atom is 0.344 e. The number of hydrogen-bond donors (Lipinski definition) is 0. The lowest BCUT2D eigenvalue weighted by atomic mass is 9.99. The molecule has 0 unspecified atom stereocenters. The van der Waals surface area contributed by atoms with Gasteiger partial charge < -0.3 is 9.15 Å². The van der Waals surface area contributed by atoms with Crippen LogP contribution in [0.2, 0.25) is 0 Å². The maximum absolute atomic E-state index is 12.4. The highest BCUT2D eigenvalue weighted by molar-refractivity contribution is 7.10. The van der Waals surface area contributed by atoms with Gasteiger partial charge in [0.1, 0.15) is 11.3 Å². The molecule has 2 aromatic heterocycles. The molecule has 2 aromatic carbocycles. The topological polar surface area (TPSA) is 56.5 Å². The molecule has 0 aliphatic carbocycles. The number of aryl methyl sites for hydroxylation is 1. The van der Waals surface area contributed by atoms with Gasteiger partial charge in [-0.1, -0.05) is 36.4 Å². The van der Waals surface area contributed by atoms with Crippen molar-refractivity contribution in [2.24, 2.45) is 0 Å². The summed E-state index contributed by atoms with van der Waals surface area (Å²) in [5, 5.41) is 2.67. The number of ether oxygens (including phenoxy) is 1. The van der Waals surface area contributed by atoms with Crippen LogP contribution in [0.3, 0.4) is 0 Å². The molecule has 0 amide bonds. The molecule has 134 valence electrons. The first-order valence-electron chi connectivity index (χ1n) is 8.48. The van der Waals surface area contributed by atoms with Crippen molar-refractivity contribution in [3.05, 3.63) is 86.9 Å². The summed E-state index contributed by atoms with van der Waals surface area (Å²) in [6.45, 7) is 1.87. The Labute approximate surface area is 159 Å². The fourth-order valence-corrected chi connectivity index (χ4v) is 3.75. The molecule has 27 heavy (non-hydrogen) atoms. The Bertz CT molecular complexity index is 1160. The highest BCUT2D eigenvalue weighted by atomic mass is 32.1. The quantitative estimate of drug-likeness (QED) is 0.286. The monoisotopic (exact) mass is 376 g/mol. The molecule has 2 heterocycles. The summed E-state index contributed by atoms with van der Waals surface area (Å²) in [5.74, 6) is 0.107. The molecule has 0 fully saturated rings. The molecule has 0 atom stereocenters. The van der Waals surface area contributed by atoms with Crippen LogP contribution >= 0.6 is 11.3 Å². The summed E-state index contributed by atoms with van der Waals surface area (Å²) in [5.41, 5.74) is 2.20. The van der Waals surface area contributed by atoms with Crippen molar-refractivity contribution in [2.45, 2.75) is 13.3 Å². The van der Waals surface area contributed by atoms with Gasteiger partial charge >= 0.3 is 11.6 Å². The number of carbonyl (C=O) groups excluding carboxylic acids is 1. The minimum absolute atomic E-state index is 0.230. The number of hydrogen-bond acceptors (Lipinski definition) is 5. The number of thiophene rings is 1. The Kier molecular flexibility index (Phi) is 4.60. The lowest BCUT2D eigenvalue weighted by Gasteiger charge is -2.10. The van der Waals surface area contributed by atoms with Crippen LogP contribution in [0.25, 0.3) is 22.1 Å². The first kappa shape index (κ1) is 17.2. The van der Waals surface area contributed by atoms with Gasteiger partial charge in [-0.15, -0.1) is 11.3 Å². The minimum atomic E-state index is -0.381. The second-order valence-corrected chi connectivity index (χ2v) is 7.18. The molecule has 0 saturated carbocycles. The molecule has 0 radical (unpaired) electrons. The molecule has 4 nitrogen and oxygen atoms in total. The van der Waals surface area contributed by atoms with Crippen LogP contribution in [0.1, 0.15) is 10.4 Å². The number of benzene rings is 2. The van der Waals surface area contributed by atoms with Gasteiger partial charge in [0, 0.05) is 10.3 Å². The van der Waals surface area contributed by atoms with E-state index >= 15 is 0 Å². The Balaban J connectivity index is 1.71. The average Bonchev–Trinajstić information content (AvgIpc) is 3.16. The molecule has 4 aromatic rings.